The first kappa shape index (κ1) is 12.8. The predicted octanol–water partition coefficient (Wildman–Crippen LogP) is 1.83. The van der Waals surface area contributed by atoms with Gasteiger partial charge in [-0.1, -0.05) is 24.8 Å². The van der Waals surface area contributed by atoms with Gasteiger partial charge in [-0.2, -0.15) is 0 Å². The molecular weight excluding hydrogens is 378 g/mol. The maximum absolute atomic E-state index is 11.4. The van der Waals surface area contributed by atoms with Gasteiger partial charge in [-0.3, -0.25) is 4.79 Å². The minimum atomic E-state index is -0.494. The van der Waals surface area contributed by atoms with Gasteiger partial charge in [0.2, 0.25) is 0 Å². The molecular formula is C11H10NO3W+. The van der Waals surface area contributed by atoms with Crippen LogP contribution in [-0.2, 0) is 25.8 Å². The quantitative estimate of drug-likeness (QED) is 0.610. The molecule has 16 heavy (non-hydrogen) atoms. The number of rotatable bonds is 2. The third-order valence-electron chi connectivity index (χ3n) is 2.26. The molecule has 1 aromatic carbocycles. The van der Waals surface area contributed by atoms with Crippen LogP contribution in [0.15, 0.2) is 24.3 Å². The fraction of sp³-hybridized carbons (Fsp3) is 0.0909. The van der Waals surface area contributed by atoms with Gasteiger partial charge in [0, 0.05) is 5.69 Å². The fourth-order valence-electron chi connectivity index (χ4n) is 1.56. The number of aliphatic hydroxyl groups is 1. The molecule has 0 aliphatic heterocycles. The van der Waals surface area contributed by atoms with E-state index in [-0.39, 0.29) is 26.8 Å². The molecule has 1 heterocycles. The number of aliphatic hydroxyl groups excluding tert-OH is 1. The number of aromatic amines is 1. The number of benzene rings is 1. The summed E-state index contributed by atoms with van der Waals surface area (Å²) in [5.74, 6) is -0.494. The molecule has 0 unspecified atom stereocenters. The Bertz CT molecular complexity index is 507. The number of ether oxygens (including phenoxy) is 1. The molecule has 1 aromatic heterocycles. The molecule has 0 amide bonds. The fourth-order valence-corrected chi connectivity index (χ4v) is 1.56. The zero-order valence-electron chi connectivity index (χ0n) is 8.56. The van der Waals surface area contributed by atoms with Gasteiger partial charge < -0.3 is 14.8 Å². The number of hydrogen-bond acceptors (Lipinski definition) is 3. The molecule has 2 N–H and O–H groups in total. The van der Waals surface area contributed by atoms with Crippen molar-refractivity contribution in [3.8, 4) is 0 Å². The van der Waals surface area contributed by atoms with E-state index in [4.69, 9.17) is 5.11 Å². The molecule has 82 valence electrons. The third kappa shape index (κ3) is 1.99. The zero-order valence-corrected chi connectivity index (χ0v) is 11.5. The second-order valence-electron chi connectivity index (χ2n) is 3.08. The minimum Gasteiger partial charge on any atom is -0.474 e. The summed E-state index contributed by atoms with van der Waals surface area (Å²) in [6, 6.07) is 7.33. The van der Waals surface area contributed by atoms with E-state index >= 15 is 0 Å². The molecule has 0 aliphatic carbocycles. The van der Waals surface area contributed by atoms with Crippen LogP contribution in [-0.4, -0.2) is 23.2 Å². The van der Waals surface area contributed by atoms with E-state index in [0.717, 1.165) is 17.5 Å². The van der Waals surface area contributed by atoms with Gasteiger partial charge in [0.05, 0.1) is 7.11 Å². The molecule has 0 aliphatic rings. The van der Waals surface area contributed by atoms with Crippen LogP contribution in [0.1, 0.15) is 16.1 Å². The molecule has 0 fully saturated rings. The molecule has 0 saturated heterocycles. The Morgan fingerprint density at radius 2 is 2.12 bits per heavy atom. The molecule has 2 rings (SSSR count). The Balaban J connectivity index is 0.00000128. The largest absolute Gasteiger partial charge is 2.00 e. The van der Waals surface area contributed by atoms with E-state index in [1.54, 1.807) is 0 Å². The van der Waals surface area contributed by atoms with Crippen molar-refractivity contribution in [2.75, 3.05) is 7.11 Å². The first-order valence-corrected chi connectivity index (χ1v) is 4.44. The summed E-state index contributed by atoms with van der Waals surface area (Å²) in [4.78, 5) is 14.3. The van der Waals surface area contributed by atoms with Crippen LogP contribution in [0.2, 0.25) is 0 Å². The van der Waals surface area contributed by atoms with Crippen molar-refractivity contribution >= 4 is 16.9 Å². The summed E-state index contributed by atoms with van der Waals surface area (Å²) in [5, 5.41) is 9.89. The molecule has 5 heteroatoms. The van der Waals surface area contributed by atoms with E-state index in [1.807, 2.05) is 24.3 Å². The molecule has 0 spiro atoms. The van der Waals surface area contributed by atoms with E-state index in [0.29, 0.717) is 5.56 Å². The Kier molecular flexibility index (Phi) is 4.16. The summed E-state index contributed by atoms with van der Waals surface area (Å²) in [5.41, 5.74) is 1.51. The van der Waals surface area contributed by atoms with Gasteiger partial charge in [-0.25, -0.2) is 0 Å². The van der Waals surface area contributed by atoms with Crippen molar-refractivity contribution in [3.63, 3.8) is 0 Å². The van der Waals surface area contributed by atoms with E-state index in [2.05, 4.69) is 9.72 Å². The van der Waals surface area contributed by atoms with Gasteiger partial charge >= 0.3 is 21.1 Å². The summed E-state index contributed by atoms with van der Waals surface area (Å²) in [6.45, 7) is 0.908. The van der Waals surface area contributed by atoms with E-state index in [1.165, 1.54) is 7.11 Å². The number of carbonyl (C=O) groups is 1. The number of nitrogens with one attached hydrogen (secondary N) is 1. The monoisotopic (exact) mass is 388 g/mol. The molecule has 2 aromatic rings. The number of carbonyl (C=O) groups excluding carboxylic acids is 1. The van der Waals surface area contributed by atoms with Gasteiger partial charge in [0.15, 0.2) is 0 Å². The van der Waals surface area contributed by atoms with E-state index < -0.39 is 5.97 Å². The Labute approximate surface area is 107 Å². The van der Waals surface area contributed by atoms with Crippen molar-refractivity contribution in [1.29, 1.82) is 0 Å². The summed E-state index contributed by atoms with van der Waals surface area (Å²) < 4.78 is 4.61. The Hall–Kier alpha value is -1.25. The number of para-hydroxylation sites is 1. The van der Waals surface area contributed by atoms with Crippen molar-refractivity contribution < 1.29 is 35.7 Å². The Morgan fingerprint density at radius 1 is 1.44 bits per heavy atom. The number of methoxy groups -OCH3 is 1. The second kappa shape index (κ2) is 5.19. The van der Waals surface area contributed by atoms with Gasteiger partial charge in [0.25, 0.3) is 5.97 Å². The van der Waals surface area contributed by atoms with Crippen molar-refractivity contribution in [2.45, 2.75) is 0 Å². The maximum Gasteiger partial charge on any atom is 2.00 e. The maximum atomic E-state index is 11.4. The van der Waals surface area contributed by atoms with Gasteiger partial charge in [0.1, 0.15) is 0 Å². The first-order valence-electron chi connectivity index (χ1n) is 4.44. The van der Waals surface area contributed by atoms with Gasteiger partial charge in [-0.05, 0) is 5.52 Å². The van der Waals surface area contributed by atoms with Crippen LogP contribution >= 0.6 is 0 Å². The van der Waals surface area contributed by atoms with Crippen molar-refractivity contribution in [2.24, 2.45) is 0 Å². The number of fused-ring (bicyclic) bond motifs is 1. The average Bonchev–Trinajstić information content (AvgIpc) is 2.66. The molecule has 0 atom stereocenters. The smallest absolute Gasteiger partial charge is 0.474 e. The average molecular weight is 388 g/mol. The molecule has 0 radical (unpaired) electrons. The van der Waals surface area contributed by atoms with Crippen LogP contribution in [0.3, 0.4) is 0 Å². The normalized spacial score (nSPS) is 9.62. The SMILES string of the molecule is COC(=O)c1[nH]c2ccccc2c1[CH-]O.[W+2]. The number of H-pyrrole nitrogens is 1. The van der Waals surface area contributed by atoms with Crippen LogP contribution in [0, 0.1) is 6.61 Å². The second-order valence-corrected chi connectivity index (χ2v) is 3.08. The number of esters is 1. The van der Waals surface area contributed by atoms with Crippen molar-refractivity contribution in [1.82, 2.24) is 4.98 Å². The Morgan fingerprint density at radius 3 is 2.75 bits per heavy atom. The van der Waals surface area contributed by atoms with E-state index in [9.17, 15) is 4.79 Å². The number of hydrogen-bond donors (Lipinski definition) is 2. The summed E-state index contributed by atoms with van der Waals surface area (Å²) >= 11 is 0. The van der Waals surface area contributed by atoms with Crippen LogP contribution in [0.5, 0.6) is 0 Å². The third-order valence-corrected chi connectivity index (χ3v) is 2.26. The standard InChI is InChI=1S/C11H10NO3.W/c1-15-11(14)10-8(6-13)7-4-2-3-5-9(7)12-10;/h2-6,12-13H,1H3;/q-1;+2. The first-order chi connectivity index (χ1) is 7.27. The summed E-state index contributed by atoms with van der Waals surface area (Å²) in [6.07, 6.45) is 0. The van der Waals surface area contributed by atoms with Crippen LogP contribution in [0.4, 0.5) is 0 Å². The number of aromatic nitrogens is 1. The van der Waals surface area contributed by atoms with Gasteiger partial charge in [-0.15, -0.1) is 17.0 Å². The van der Waals surface area contributed by atoms with Crippen molar-refractivity contribution in [3.05, 3.63) is 42.1 Å². The molecule has 0 bridgehead atoms. The zero-order chi connectivity index (χ0) is 10.8. The molecule has 4 nitrogen and oxygen atoms in total. The minimum absolute atomic E-state index is 0. The molecule has 0 saturated carbocycles. The van der Waals surface area contributed by atoms with Crippen LogP contribution < -0.4 is 0 Å². The van der Waals surface area contributed by atoms with Crippen LogP contribution in [0.25, 0.3) is 10.9 Å². The summed E-state index contributed by atoms with van der Waals surface area (Å²) in [7, 11) is 1.30. The topological polar surface area (TPSA) is 62.3 Å². The predicted molar refractivity (Wildman–Crippen MR) is 55.0 cm³/mol.